The van der Waals surface area contributed by atoms with Crippen molar-refractivity contribution in [2.75, 3.05) is 5.32 Å². The van der Waals surface area contributed by atoms with E-state index in [0.717, 1.165) is 38.8 Å². The van der Waals surface area contributed by atoms with Crippen LogP contribution in [0.2, 0.25) is 0 Å². The fourth-order valence-corrected chi connectivity index (χ4v) is 4.47. The first kappa shape index (κ1) is 23.4. The van der Waals surface area contributed by atoms with Crippen LogP contribution in [0.1, 0.15) is 18.1 Å². The van der Waals surface area contributed by atoms with Crippen LogP contribution in [0.5, 0.6) is 0 Å². The molecule has 1 aromatic heterocycles. The molecule has 0 fully saturated rings. The molecule has 1 heterocycles. The Balaban J connectivity index is 1.78. The summed E-state index contributed by atoms with van der Waals surface area (Å²) in [4.78, 5) is 16.9. The monoisotopic (exact) mass is 474 g/mol. The minimum atomic E-state index is -0.222. The van der Waals surface area contributed by atoms with Crippen molar-refractivity contribution >= 4 is 22.6 Å². The normalized spacial score (nSPS) is 11.0. The van der Waals surface area contributed by atoms with Gasteiger partial charge in [0.15, 0.2) is 0 Å². The molecular formula is C31H26N2O3. The second-order valence-electron chi connectivity index (χ2n) is 8.73. The number of rotatable bonds is 6. The number of aromatic nitrogens is 1. The SMILES string of the molecule is CC(=O)Nc1nc2cc(CO)c(CO)cc2cc1-c1cc(-c2ccccc2)cc(-c2ccccc2)c1. The van der Waals surface area contributed by atoms with Gasteiger partial charge in [-0.15, -0.1) is 0 Å². The zero-order valence-electron chi connectivity index (χ0n) is 19.9. The summed E-state index contributed by atoms with van der Waals surface area (Å²) in [6.07, 6.45) is 0. The van der Waals surface area contributed by atoms with Gasteiger partial charge in [0.05, 0.1) is 18.7 Å². The number of nitrogens with zero attached hydrogens (tertiary/aromatic N) is 1. The van der Waals surface area contributed by atoms with Crippen molar-refractivity contribution in [1.82, 2.24) is 4.98 Å². The fourth-order valence-electron chi connectivity index (χ4n) is 4.47. The number of hydrogen-bond acceptors (Lipinski definition) is 4. The summed E-state index contributed by atoms with van der Waals surface area (Å²) >= 11 is 0. The predicted octanol–water partition coefficient (Wildman–Crippen LogP) is 6.18. The molecule has 0 aliphatic rings. The Morgan fingerprint density at radius 3 is 1.75 bits per heavy atom. The van der Waals surface area contributed by atoms with Crippen molar-refractivity contribution in [3.63, 3.8) is 0 Å². The summed E-state index contributed by atoms with van der Waals surface area (Å²) in [6.45, 7) is 1.07. The molecule has 0 unspecified atom stereocenters. The van der Waals surface area contributed by atoms with Crippen LogP contribution >= 0.6 is 0 Å². The maximum Gasteiger partial charge on any atom is 0.222 e. The Bertz CT molecular complexity index is 1490. The number of benzene rings is 4. The van der Waals surface area contributed by atoms with Crippen LogP contribution in [0.15, 0.2) is 97.1 Å². The van der Waals surface area contributed by atoms with Crippen LogP contribution in [0, 0.1) is 0 Å². The molecule has 5 heteroatoms. The highest BCUT2D eigenvalue weighted by Gasteiger charge is 2.15. The summed E-state index contributed by atoms with van der Waals surface area (Å²) in [6, 6.07) is 32.3. The van der Waals surface area contributed by atoms with Gasteiger partial charge < -0.3 is 15.5 Å². The standard InChI is InChI=1S/C31H26N2O3/c1-20(36)32-31-29(16-26-15-27(18-34)28(19-35)17-30(26)33-31)25-13-23(21-8-4-2-5-9-21)12-24(14-25)22-10-6-3-7-11-22/h2-17,34-35H,18-19H2,1H3,(H,32,33,36). The molecule has 0 saturated heterocycles. The summed E-state index contributed by atoms with van der Waals surface area (Å²) in [5, 5.41) is 23.2. The van der Waals surface area contributed by atoms with Gasteiger partial charge in [0.25, 0.3) is 0 Å². The average molecular weight is 475 g/mol. The number of pyridine rings is 1. The van der Waals surface area contributed by atoms with E-state index < -0.39 is 0 Å². The van der Waals surface area contributed by atoms with Gasteiger partial charge in [-0.3, -0.25) is 4.79 Å². The third-order valence-electron chi connectivity index (χ3n) is 6.23. The molecule has 0 aliphatic carbocycles. The van der Waals surface area contributed by atoms with E-state index >= 15 is 0 Å². The van der Waals surface area contributed by atoms with E-state index in [1.807, 2.05) is 48.5 Å². The van der Waals surface area contributed by atoms with Gasteiger partial charge >= 0.3 is 0 Å². The largest absolute Gasteiger partial charge is 0.392 e. The van der Waals surface area contributed by atoms with Crippen molar-refractivity contribution in [3.8, 4) is 33.4 Å². The van der Waals surface area contributed by atoms with Gasteiger partial charge in [0.1, 0.15) is 5.82 Å². The molecule has 5 nitrogen and oxygen atoms in total. The Kier molecular flexibility index (Phi) is 6.58. The van der Waals surface area contributed by atoms with Crippen molar-refractivity contribution in [2.45, 2.75) is 20.1 Å². The van der Waals surface area contributed by atoms with Crippen LogP contribution in [-0.2, 0) is 18.0 Å². The third kappa shape index (κ3) is 4.75. The van der Waals surface area contributed by atoms with E-state index in [2.05, 4.69) is 47.8 Å². The van der Waals surface area contributed by atoms with E-state index in [0.29, 0.717) is 22.5 Å². The van der Waals surface area contributed by atoms with Gasteiger partial charge in [0, 0.05) is 17.9 Å². The number of fused-ring (bicyclic) bond motifs is 1. The maximum absolute atomic E-state index is 12.1. The molecule has 36 heavy (non-hydrogen) atoms. The van der Waals surface area contributed by atoms with E-state index in [4.69, 9.17) is 4.98 Å². The zero-order valence-corrected chi connectivity index (χ0v) is 19.9. The summed E-state index contributed by atoms with van der Waals surface area (Å²) in [7, 11) is 0. The third-order valence-corrected chi connectivity index (χ3v) is 6.23. The smallest absolute Gasteiger partial charge is 0.222 e. The molecule has 5 rings (SSSR count). The van der Waals surface area contributed by atoms with Crippen molar-refractivity contribution < 1.29 is 15.0 Å². The highest BCUT2D eigenvalue weighted by atomic mass is 16.3. The van der Waals surface area contributed by atoms with Crippen molar-refractivity contribution in [2.24, 2.45) is 0 Å². The lowest BCUT2D eigenvalue weighted by Gasteiger charge is -2.16. The maximum atomic E-state index is 12.1. The molecule has 3 N–H and O–H groups in total. The molecule has 0 aliphatic heterocycles. The number of nitrogens with one attached hydrogen (secondary N) is 1. The van der Waals surface area contributed by atoms with Crippen LogP contribution in [0.3, 0.4) is 0 Å². The van der Waals surface area contributed by atoms with E-state index in [-0.39, 0.29) is 19.1 Å². The van der Waals surface area contributed by atoms with Crippen LogP contribution < -0.4 is 5.32 Å². The quantitative estimate of drug-likeness (QED) is 0.274. The number of hydrogen-bond donors (Lipinski definition) is 3. The van der Waals surface area contributed by atoms with Gasteiger partial charge in [-0.25, -0.2) is 4.98 Å². The molecule has 0 bridgehead atoms. The Labute approximate surface area is 209 Å². The minimum Gasteiger partial charge on any atom is -0.392 e. The summed E-state index contributed by atoms with van der Waals surface area (Å²) in [5.74, 6) is 0.222. The molecule has 0 radical (unpaired) electrons. The molecule has 1 amide bonds. The van der Waals surface area contributed by atoms with Crippen LogP contribution in [0.25, 0.3) is 44.3 Å². The molecular weight excluding hydrogens is 448 g/mol. The zero-order chi connectivity index (χ0) is 25.1. The first-order chi connectivity index (χ1) is 17.6. The van der Waals surface area contributed by atoms with Crippen molar-refractivity contribution in [1.29, 1.82) is 0 Å². The van der Waals surface area contributed by atoms with Gasteiger partial charge in [-0.05, 0) is 75.3 Å². The summed E-state index contributed by atoms with van der Waals surface area (Å²) < 4.78 is 0. The number of anilines is 1. The van der Waals surface area contributed by atoms with Gasteiger partial charge in [-0.1, -0.05) is 60.7 Å². The Hall–Kier alpha value is -4.32. The van der Waals surface area contributed by atoms with Gasteiger partial charge in [-0.2, -0.15) is 0 Å². The fraction of sp³-hybridized carbons (Fsp3) is 0.0968. The average Bonchev–Trinajstić information content (AvgIpc) is 2.92. The Morgan fingerprint density at radius 1 is 0.694 bits per heavy atom. The Morgan fingerprint density at radius 2 is 1.22 bits per heavy atom. The molecule has 5 aromatic rings. The molecule has 0 saturated carbocycles. The number of aliphatic hydroxyl groups excluding tert-OH is 2. The summed E-state index contributed by atoms with van der Waals surface area (Å²) in [5.41, 5.74) is 7.83. The van der Waals surface area contributed by atoms with E-state index in [1.165, 1.54) is 6.92 Å². The lowest BCUT2D eigenvalue weighted by molar-refractivity contribution is -0.114. The number of carbonyl (C=O) groups excluding carboxylic acids is 1. The number of aliphatic hydroxyl groups is 2. The van der Waals surface area contributed by atoms with Gasteiger partial charge in [0.2, 0.25) is 5.91 Å². The molecule has 0 atom stereocenters. The first-order valence-electron chi connectivity index (χ1n) is 11.8. The van der Waals surface area contributed by atoms with E-state index in [1.54, 1.807) is 6.07 Å². The number of amides is 1. The topological polar surface area (TPSA) is 82.5 Å². The second-order valence-corrected chi connectivity index (χ2v) is 8.73. The highest BCUT2D eigenvalue weighted by Crippen LogP contribution is 2.37. The lowest BCUT2D eigenvalue weighted by atomic mass is 9.92. The van der Waals surface area contributed by atoms with Crippen molar-refractivity contribution in [3.05, 3.63) is 108 Å². The van der Waals surface area contributed by atoms with Crippen LogP contribution in [-0.4, -0.2) is 21.1 Å². The molecule has 0 spiro atoms. The first-order valence-corrected chi connectivity index (χ1v) is 11.8. The van der Waals surface area contributed by atoms with Crippen LogP contribution in [0.4, 0.5) is 5.82 Å². The lowest BCUT2D eigenvalue weighted by Crippen LogP contribution is -2.09. The predicted molar refractivity (Wildman–Crippen MR) is 144 cm³/mol. The highest BCUT2D eigenvalue weighted by molar-refractivity contribution is 5.98. The number of carbonyl (C=O) groups is 1. The molecule has 4 aromatic carbocycles. The minimum absolute atomic E-state index is 0.184. The van der Waals surface area contributed by atoms with E-state index in [9.17, 15) is 15.0 Å². The second kappa shape index (κ2) is 10.1. The molecule has 178 valence electrons.